The third-order valence-electron chi connectivity index (χ3n) is 6.62. The van der Waals surface area contributed by atoms with Crippen molar-refractivity contribution in [2.75, 3.05) is 27.9 Å². The lowest BCUT2D eigenvalue weighted by Crippen LogP contribution is -2.39. The molecule has 0 aromatic heterocycles. The molecule has 0 N–H and O–H groups in total. The number of esters is 1. The Morgan fingerprint density at radius 3 is 2.38 bits per heavy atom. The lowest BCUT2D eigenvalue weighted by atomic mass is 9.66. The predicted octanol–water partition coefficient (Wildman–Crippen LogP) is 5.26. The van der Waals surface area contributed by atoms with Crippen molar-refractivity contribution in [3.05, 3.63) is 29.0 Å². The SMILES string of the molecule is CCCCCOC(=O)C1C(C)=NC2=C(C(=O)CC(C)(C)C2)[C@@H]1c1ccc(OC)c(OC)c1OC. The van der Waals surface area contributed by atoms with Gasteiger partial charge in [-0.15, -0.1) is 0 Å². The maximum absolute atomic E-state index is 13.5. The quantitative estimate of drug-likeness (QED) is 0.361. The Morgan fingerprint density at radius 2 is 1.76 bits per heavy atom. The summed E-state index contributed by atoms with van der Waals surface area (Å²) in [6, 6.07) is 3.62. The largest absolute Gasteiger partial charge is 0.493 e. The number of hydrogen-bond donors (Lipinski definition) is 0. The summed E-state index contributed by atoms with van der Waals surface area (Å²) in [4.78, 5) is 31.7. The van der Waals surface area contributed by atoms with E-state index >= 15 is 0 Å². The van der Waals surface area contributed by atoms with Crippen molar-refractivity contribution in [2.24, 2.45) is 16.3 Å². The molecule has 0 bridgehead atoms. The van der Waals surface area contributed by atoms with E-state index < -0.39 is 11.8 Å². The van der Waals surface area contributed by atoms with E-state index in [-0.39, 0.29) is 17.2 Å². The van der Waals surface area contributed by atoms with Gasteiger partial charge in [0.2, 0.25) is 5.75 Å². The fraction of sp³-hybridized carbons (Fsp3) is 0.593. The summed E-state index contributed by atoms with van der Waals surface area (Å²) < 4.78 is 22.5. The van der Waals surface area contributed by atoms with E-state index in [0.717, 1.165) is 25.0 Å². The van der Waals surface area contributed by atoms with Crippen LogP contribution in [0.25, 0.3) is 0 Å². The topological polar surface area (TPSA) is 83.4 Å². The number of Topliss-reactive ketones (excluding diaryl/α,β-unsaturated/α-hetero) is 1. The van der Waals surface area contributed by atoms with Crippen LogP contribution in [0.1, 0.15) is 71.3 Å². The maximum Gasteiger partial charge on any atom is 0.315 e. The molecule has 1 heterocycles. The van der Waals surface area contributed by atoms with Gasteiger partial charge in [0.15, 0.2) is 17.3 Å². The molecule has 7 heteroatoms. The first-order valence-corrected chi connectivity index (χ1v) is 12.0. The highest BCUT2D eigenvalue weighted by Gasteiger charge is 2.47. The first kappa shape index (κ1) is 25.8. The number of hydrogen-bond acceptors (Lipinski definition) is 7. The molecular formula is C27H37NO6. The van der Waals surface area contributed by atoms with Crippen LogP contribution in [0.3, 0.4) is 0 Å². The molecule has 1 aromatic carbocycles. The smallest absolute Gasteiger partial charge is 0.315 e. The van der Waals surface area contributed by atoms with Gasteiger partial charge in [0, 0.05) is 34.9 Å². The highest BCUT2D eigenvalue weighted by Crippen LogP contribution is 2.52. The predicted molar refractivity (Wildman–Crippen MR) is 131 cm³/mol. The van der Waals surface area contributed by atoms with Crippen molar-refractivity contribution in [3.63, 3.8) is 0 Å². The van der Waals surface area contributed by atoms with Crippen LogP contribution in [0.5, 0.6) is 17.2 Å². The Bertz CT molecular complexity index is 1010. The Labute approximate surface area is 202 Å². The second-order valence-electron chi connectivity index (χ2n) is 9.81. The summed E-state index contributed by atoms with van der Waals surface area (Å²) >= 11 is 0. The number of unbranched alkanes of at least 4 members (excludes halogenated alkanes) is 2. The van der Waals surface area contributed by atoms with Crippen molar-refractivity contribution in [3.8, 4) is 17.2 Å². The van der Waals surface area contributed by atoms with E-state index in [4.69, 9.17) is 23.9 Å². The van der Waals surface area contributed by atoms with Crippen LogP contribution in [0.2, 0.25) is 0 Å². The minimum absolute atomic E-state index is 0.00752. The number of benzene rings is 1. The molecule has 0 radical (unpaired) electrons. The van der Waals surface area contributed by atoms with E-state index in [1.54, 1.807) is 20.3 Å². The minimum Gasteiger partial charge on any atom is -0.493 e. The molecule has 0 fully saturated rings. The van der Waals surface area contributed by atoms with Crippen molar-refractivity contribution in [1.29, 1.82) is 0 Å². The molecule has 1 aliphatic carbocycles. The molecule has 2 aliphatic rings. The Kier molecular flexibility index (Phi) is 8.05. The van der Waals surface area contributed by atoms with Gasteiger partial charge in [-0.05, 0) is 31.2 Å². The number of nitrogens with zero attached hydrogens (tertiary/aromatic N) is 1. The number of rotatable bonds is 9. The molecule has 1 aromatic rings. The second-order valence-corrected chi connectivity index (χ2v) is 9.81. The minimum atomic E-state index is -0.725. The Hall–Kier alpha value is -2.83. The summed E-state index contributed by atoms with van der Waals surface area (Å²) in [5.41, 5.74) is 2.46. The number of ether oxygens (including phenoxy) is 4. The van der Waals surface area contributed by atoms with E-state index in [9.17, 15) is 9.59 Å². The summed E-state index contributed by atoms with van der Waals surface area (Å²) in [5, 5.41) is 0. The summed E-state index contributed by atoms with van der Waals surface area (Å²) in [6.07, 6.45) is 3.88. The molecular weight excluding hydrogens is 434 g/mol. The van der Waals surface area contributed by atoms with E-state index in [0.29, 0.717) is 53.5 Å². The van der Waals surface area contributed by atoms with Gasteiger partial charge < -0.3 is 18.9 Å². The molecule has 0 saturated heterocycles. The molecule has 0 saturated carbocycles. The second kappa shape index (κ2) is 10.6. The van der Waals surface area contributed by atoms with Crippen LogP contribution in [-0.4, -0.2) is 45.4 Å². The van der Waals surface area contributed by atoms with Crippen LogP contribution in [0.4, 0.5) is 0 Å². The zero-order valence-electron chi connectivity index (χ0n) is 21.4. The molecule has 2 atom stereocenters. The normalized spacial score (nSPS) is 21.5. The van der Waals surface area contributed by atoms with Gasteiger partial charge in [0.1, 0.15) is 5.92 Å². The highest BCUT2D eigenvalue weighted by molar-refractivity contribution is 6.09. The zero-order chi connectivity index (χ0) is 25.0. The Balaban J connectivity index is 2.17. The van der Waals surface area contributed by atoms with Crippen LogP contribution >= 0.6 is 0 Å². The lowest BCUT2D eigenvalue weighted by Gasteiger charge is -2.39. The fourth-order valence-electron chi connectivity index (χ4n) is 5.07. The lowest BCUT2D eigenvalue weighted by molar-refractivity contribution is -0.146. The third-order valence-corrected chi connectivity index (χ3v) is 6.62. The van der Waals surface area contributed by atoms with Crippen LogP contribution in [0, 0.1) is 11.3 Å². The summed E-state index contributed by atoms with van der Waals surface area (Å²) in [7, 11) is 4.64. The zero-order valence-corrected chi connectivity index (χ0v) is 21.4. The van der Waals surface area contributed by atoms with Gasteiger partial charge in [-0.1, -0.05) is 39.7 Å². The van der Waals surface area contributed by atoms with E-state index in [1.165, 1.54) is 7.11 Å². The molecule has 34 heavy (non-hydrogen) atoms. The number of allylic oxidation sites excluding steroid dienone is 2. The third kappa shape index (κ3) is 4.98. The number of ketones is 1. The molecule has 1 aliphatic heterocycles. The fourth-order valence-corrected chi connectivity index (χ4v) is 5.07. The first-order valence-electron chi connectivity index (χ1n) is 12.0. The van der Waals surface area contributed by atoms with Crippen LogP contribution < -0.4 is 14.2 Å². The number of carbonyl (C=O) groups is 2. The van der Waals surface area contributed by atoms with E-state index in [1.807, 2.05) is 13.0 Å². The van der Waals surface area contributed by atoms with Gasteiger partial charge in [-0.2, -0.15) is 0 Å². The van der Waals surface area contributed by atoms with Crippen LogP contribution in [0.15, 0.2) is 28.4 Å². The van der Waals surface area contributed by atoms with Gasteiger partial charge in [0.05, 0.1) is 27.9 Å². The average Bonchev–Trinajstić information content (AvgIpc) is 2.78. The molecule has 0 amide bonds. The van der Waals surface area contributed by atoms with Crippen molar-refractivity contribution in [2.45, 2.75) is 65.7 Å². The van der Waals surface area contributed by atoms with Crippen molar-refractivity contribution < 1.29 is 28.5 Å². The number of carbonyl (C=O) groups excluding carboxylic acids is 2. The first-order chi connectivity index (χ1) is 16.2. The van der Waals surface area contributed by atoms with Crippen LogP contribution in [-0.2, 0) is 14.3 Å². The average molecular weight is 472 g/mol. The van der Waals surface area contributed by atoms with Gasteiger partial charge >= 0.3 is 5.97 Å². The molecule has 0 spiro atoms. The molecule has 7 nitrogen and oxygen atoms in total. The van der Waals surface area contributed by atoms with Crippen molar-refractivity contribution in [1.82, 2.24) is 0 Å². The van der Waals surface area contributed by atoms with Gasteiger partial charge in [0.25, 0.3) is 0 Å². The standard InChI is InChI=1S/C27H37NO6/c1-8-9-10-13-34-26(30)21-16(2)28-18-14-27(3,4)15-19(29)23(18)22(21)17-11-12-20(31-5)25(33-7)24(17)32-6/h11-12,21-22H,8-10,13-15H2,1-7H3/t21?,22-/m1/s1. The van der Waals surface area contributed by atoms with E-state index in [2.05, 4.69) is 20.8 Å². The highest BCUT2D eigenvalue weighted by atomic mass is 16.5. The van der Waals surface area contributed by atoms with Gasteiger partial charge in [-0.3, -0.25) is 14.6 Å². The molecule has 3 rings (SSSR count). The maximum atomic E-state index is 13.5. The number of aliphatic imine (C=N–C) groups is 1. The monoisotopic (exact) mass is 471 g/mol. The molecule has 1 unspecified atom stereocenters. The number of methoxy groups -OCH3 is 3. The van der Waals surface area contributed by atoms with Gasteiger partial charge in [-0.25, -0.2) is 0 Å². The Morgan fingerprint density at radius 1 is 1.06 bits per heavy atom. The van der Waals surface area contributed by atoms with Crippen molar-refractivity contribution >= 4 is 17.5 Å². The summed E-state index contributed by atoms with van der Waals surface area (Å²) in [5.74, 6) is -0.301. The summed E-state index contributed by atoms with van der Waals surface area (Å²) in [6.45, 7) is 8.43. The molecule has 186 valence electrons.